The smallest absolute Gasteiger partial charge is 0.220 e. The maximum Gasteiger partial charge on any atom is 0.220 e. The summed E-state index contributed by atoms with van der Waals surface area (Å²) in [7, 11) is 1.60. The van der Waals surface area contributed by atoms with Crippen molar-refractivity contribution in [3.8, 4) is 5.88 Å². The second kappa shape index (κ2) is 5.26. The van der Waals surface area contributed by atoms with E-state index in [2.05, 4.69) is 20.2 Å². The number of methoxy groups -OCH3 is 1. The van der Waals surface area contributed by atoms with Gasteiger partial charge >= 0.3 is 0 Å². The van der Waals surface area contributed by atoms with E-state index in [-0.39, 0.29) is 11.4 Å². The second-order valence-electron chi connectivity index (χ2n) is 5.63. The van der Waals surface area contributed by atoms with E-state index in [9.17, 15) is 4.79 Å². The lowest BCUT2D eigenvalue weighted by Crippen LogP contribution is -2.60. The van der Waals surface area contributed by atoms with Gasteiger partial charge in [-0.25, -0.2) is 9.97 Å². The highest BCUT2D eigenvalue weighted by Crippen LogP contribution is 2.31. The molecule has 0 aromatic carbocycles. The Balaban J connectivity index is 1.79. The largest absolute Gasteiger partial charge is 0.481 e. The Morgan fingerprint density at radius 2 is 2.20 bits per heavy atom. The summed E-state index contributed by atoms with van der Waals surface area (Å²) in [5.41, 5.74) is -0.0776. The van der Waals surface area contributed by atoms with Crippen LogP contribution in [0, 0.1) is 0 Å². The maximum absolute atomic E-state index is 11.7. The molecule has 20 heavy (non-hydrogen) atoms. The van der Waals surface area contributed by atoms with Crippen molar-refractivity contribution in [3.63, 3.8) is 0 Å². The average Bonchev–Trinajstić information content (AvgIpc) is 2.47. The molecule has 2 fully saturated rings. The van der Waals surface area contributed by atoms with Crippen LogP contribution in [0.2, 0.25) is 0 Å². The van der Waals surface area contributed by atoms with Gasteiger partial charge in [0.15, 0.2) is 0 Å². The van der Waals surface area contributed by atoms with Crippen LogP contribution in [-0.4, -0.2) is 41.6 Å². The number of carbonyl (C=O) groups excluding carboxylic acids is 1. The molecule has 6 nitrogen and oxygen atoms in total. The van der Waals surface area contributed by atoms with E-state index in [0.29, 0.717) is 12.3 Å². The summed E-state index contributed by atoms with van der Waals surface area (Å²) >= 11 is 0. The van der Waals surface area contributed by atoms with Crippen molar-refractivity contribution >= 4 is 11.7 Å². The third-order valence-electron chi connectivity index (χ3n) is 4.20. The lowest BCUT2D eigenvalue weighted by Gasteiger charge is -2.45. The van der Waals surface area contributed by atoms with Crippen LogP contribution in [0.25, 0.3) is 0 Å². The summed E-state index contributed by atoms with van der Waals surface area (Å²) in [5.74, 6) is 1.62. The minimum absolute atomic E-state index is 0.0776. The molecule has 1 N–H and O–H groups in total. The molecular weight excluding hydrogens is 256 g/mol. The molecule has 1 aromatic rings. The standard InChI is InChI=1S/C14H20N4O2/c1-20-13-8-11(15-10-16-13)18-7-3-6-14(9-18)5-2-4-12(19)17-14/h8,10H,2-7,9H2,1H3,(H,17,19)/t14-/m1/s1. The molecule has 108 valence electrons. The Kier molecular flexibility index (Phi) is 3.46. The number of carbonyl (C=O) groups is 1. The summed E-state index contributed by atoms with van der Waals surface area (Å²) in [6.07, 6.45) is 6.33. The van der Waals surface area contributed by atoms with Gasteiger partial charge in [-0.05, 0) is 25.7 Å². The highest BCUT2D eigenvalue weighted by molar-refractivity contribution is 5.77. The fourth-order valence-corrected chi connectivity index (χ4v) is 3.26. The number of rotatable bonds is 2. The molecular formula is C14H20N4O2. The molecule has 0 saturated carbocycles. The third-order valence-corrected chi connectivity index (χ3v) is 4.20. The quantitative estimate of drug-likeness (QED) is 0.877. The Hall–Kier alpha value is -1.85. The Morgan fingerprint density at radius 1 is 1.35 bits per heavy atom. The molecule has 2 aliphatic rings. The topological polar surface area (TPSA) is 67.3 Å². The van der Waals surface area contributed by atoms with Crippen molar-refractivity contribution < 1.29 is 9.53 Å². The minimum Gasteiger partial charge on any atom is -0.481 e. The third kappa shape index (κ3) is 2.55. The molecule has 1 aromatic heterocycles. The van der Waals surface area contributed by atoms with Crippen LogP contribution < -0.4 is 15.0 Å². The van der Waals surface area contributed by atoms with Gasteiger partial charge in [0, 0.05) is 25.6 Å². The zero-order chi connectivity index (χ0) is 14.0. The van der Waals surface area contributed by atoms with Crippen molar-refractivity contribution in [1.82, 2.24) is 15.3 Å². The molecule has 0 radical (unpaired) electrons. The van der Waals surface area contributed by atoms with E-state index in [1.807, 2.05) is 6.07 Å². The normalized spacial score (nSPS) is 26.4. The van der Waals surface area contributed by atoms with Crippen LogP contribution in [0.15, 0.2) is 12.4 Å². The molecule has 2 aliphatic heterocycles. The van der Waals surface area contributed by atoms with Crippen molar-refractivity contribution in [1.29, 1.82) is 0 Å². The van der Waals surface area contributed by atoms with Crippen LogP contribution in [0.5, 0.6) is 5.88 Å². The van der Waals surface area contributed by atoms with Crippen LogP contribution in [-0.2, 0) is 4.79 Å². The maximum atomic E-state index is 11.7. The van der Waals surface area contributed by atoms with Gasteiger partial charge in [0.1, 0.15) is 12.1 Å². The number of amides is 1. The first-order chi connectivity index (χ1) is 9.71. The summed E-state index contributed by atoms with van der Waals surface area (Å²) in [4.78, 5) is 22.3. The number of hydrogen-bond acceptors (Lipinski definition) is 5. The van der Waals surface area contributed by atoms with E-state index >= 15 is 0 Å². The van der Waals surface area contributed by atoms with Gasteiger partial charge < -0.3 is 15.0 Å². The number of piperidine rings is 2. The minimum atomic E-state index is -0.0776. The summed E-state index contributed by atoms with van der Waals surface area (Å²) < 4.78 is 5.15. The molecule has 3 rings (SSSR count). The first-order valence-corrected chi connectivity index (χ1v) is 7.13. The molecule has 1 atom stereocenters. The van der Waals surface area contributed by atoms with Crippen LogP contribution >= 0.6 is 0 Å². The fourth-order valence-electron chi connectivity index (χ4n) is 3.26. The highest BCUT2D eigenvalue weighted by atomic mass is 16.5. The van der Waals surface area contributed by atoms with Gasteiger partial charge in [0.2, 0.25) is 11.8 Å². The van der Waals surface area contributed by atoms with Crippen molar-refractivity contribution in [2.75, 3.05) is 25.1 Å². The molecule has 0 bridgehead atoms. The van der Waals surface area contributed by atoms with Gasteiger partial charge in [-0.2, -0.15) is 0 Å². The molecule has 0 unspecified atom stereocenters. The average molecular weight is 276 g/mol. The second-order valence-corrected chi connectivity index (χ2v) is 5.63. The lowest BCUT2D eigenvalue weighted by molar-refractivity contribution is -0.125. The highest BCUT2D eigenvalue weighted by Gasteiger charge is 2.39. The van der Waals surface area contributed by atoms with Crippen molar-refractivity contribution in [2.45, 2.75) is 37.6 Å². The van der Waals surface area contributed by atoms with Gasteiger partial charge in [0.05, 0.1) is 12.6 Å². The molecule has 6 heteroatoms. The zero-order valence-electron chi connectivity index (χ0n) is 11.8. The monoisotopic (exact) mass is 276 g/mol. The van der Waals surface area contributed by atoms with Crippen LogP contribution in [0.4, 0.5) is 5.82 Å². The number of ether oxygens (including phenoxy) is 1. The predicted molar refractivity (Wildman–Crippen MR) is 74.8 cm³/mol. The molecule has 0 aliphatic carbocycles. The number of hydrogen-bond donors (Lipinski definition) is 1. The zero-order valence-corrected chi connectivity index (χ0v) is 11.8. The number of aromatic nitrogens is 2. The van der Waals surface area contributed by atoms with E-state index in [4.69, 9.17) is 4.74 Å². The fraction of sp³-hybridized carbons (Fsp3) is 0.643. The molecule has 2 saturated heterocycles. The predicted octanol–water partition coefficient (Wildman–Crippen LogP) is 1.12. The summed E-state index contributed by atoms with van der Waals surface area (Å²) in [6.45, 7) is 1.77. The Labute approximate surface area is 118 Å². The molecule has 1 amide bonds. The number of nitrogens with zero attached hydrogens (tertiary/aromatic N) is 3. The van der Waals surface area contributed by atoms with Crippen LogP contribution in [0.3, 0.4) is 0 Å². The van der Waals surface area contributed by atoms with Crippen molar-refractivity contribution in [2.24, 2.45) is 0 Å². The van der Waals surface area contributed by atoms with E-state index in [0.717, 1.165) is 44.6 Å². The molecule has 1 spiro atoms. The van der Waals surface area contributed by atoms with E-state index in [1.54, 1.807) is 7.11 Å². The van der Waals surface area contributed by atoms with E-state index in [1.165, 1.54) is 6.33 Å². The van der Waals surface area contributed by atoms with Gasteiger partial charge in [-0.1, -0.05) is 0 Å². The van der Waals surface area contributed by atoms with Gasteiger partial charge in [-0.15, -0.1) is 0 Å². The van der Waals surface area contributed by atoms with Gasteiger partial charge in [0.25, 0.3) is 0 Å². The molecule has 3 heterocycles. The SMILES string of the molecule is COc1cc(N2CCC[C@]3(CCCC(=O)N3)C2)ncn1. The van der Waals surface area contributed by atoms with Crippen LogP contribution in [0.1, 0.15) is 32.1 Å². The Morgan fingerprint density at radius 3 is 3.00 bits per heavy atom. The first-order valence-electron chi connectivity index (χ1n) is 7.13. The Bertz CT molecular complexity index is 504. The van der Waals surface area contributed by atoms with E-state index < -0.39 is 0 Å². The summed E-state index contributed by atoms with van der Waals surface area (Å²) in [6, 6.07) is 1.85. The van der Waals surface area contributed by atoms with Gasteiger partial charge in [-0.3, -0.25) is 4.79 Å². The summed E-state index contributed by atoms with van der Waals surface area (Å²) in [5, 5.41) is 3.20. The lowest BCUT2D eigenvalue weighted by atomic mass is 9.81. The first kappa shape index (κ1) is 13.1. The number of anilines is 1. The van der Waals surface area contributed by atoms with Crippen molar-refractivity contribution in [3.05, 3.63) is 12.4 Å². The number of nitrogens with one attached hydrogen (secondary N) is 1.